The highest BCUT2D eigenvalue weighted by atomic mass is 32.2. The van der Waals surface area contributed by atoms with Crippen LogP contribution in [0.3, 0.4) is 0 Å². The first kappa shape index (κ1) is 17.5. The summed E-state index contributed by atoms with van der Waals surface area (Å²) in [4.78, 5) is 11.9. The molecule has 0 fully saturated rings. The van der Waals surface area contributed by atoms with Crippen molar-refractivity contribution in [3.05, 3.63) is 71.5 Å². The number of hydrogen-bond donors (Lipinski definition) is 2. The molecule has 122 valence electrons. The average molecular weight is 332 g/mol. The second-order valence-corrected chi connectivity index (χ2v) is 6.32. The first-order valence-electron chi connectivity index (χ1n) is 7.55. The lowest BCUT2D eigenvalue weighted by molar-refractivity contribution is -0.121. The van der Waals surface area contributed by atoms with Crippen molar-refractivity contribution in [1.82, 2.24) is 5.32 Å². The van der Waals surface area contributed by atoms with E-state index in [2.05, 4.69) is 5.32 Å². The molecule has 0 aromatic heterocycles. The third-order valence-corrected chi connectivity index (χ3v) is 4.42. The van der Waals surface area contributed by atoms with Crippen molar-refractivity contribution in [2.45, 2.75) is 18.2 Å². The quantitative estimate of drug-likeness (QED) is 0.730. The molecule has 3 N–H and O–H groups in total. The van der Waals surface area contributed by atoms with Crippen LogP contribution >= 0.6 is 11.8 Å². The van der Waals surface area contributed by atoms with E-state index in [9.17, 15) is 9.18 Å². The molecule has 0 heterocycles. The summed E-state index contributed by atoms with van der Waals surface area (Å²) in [7, 11) is 0. The van der Waals surface area contributed by atoms with E-state index in [-0.39, 0.29) is 24.2 Å². The highest BCUT2D eigenvalue weighted by Crippen LogP contribution is 2.15. The molecule has 0 saturated carbocycles. The molecule has 0 aliphatic heterocycles. The van der Waals surface area contributed by atoms with Gasteiger partial charge in [-0.1, -0.05) is 48.5 Å². The fourth-order valence-electron chi connectivity index (χ4n) is 2.15. The van der Waals surface area contributed by atoms with E-state index in [4.69, 9.17) is 5.73 Å². The van der Waals surface area contributed by atoms with Crippen LogP contribution in [0.25, 0.3) is 0 Å². The number of carbonyl (C=O) groups excluding carboxylic acids is 1. The lowest BCUT2D eigenvalue weighted by Crippen LogP contribution is -2.29. The monoisotopic (exact) mass is 332 g/mol. The van der Waals surface area contributed by atoms with Gasteiger partial charge in [0.15, 0.2) is 0 Å². The van der Waals surface area contributed by atoms with Crippen molar-refractivity contribution in [3.8, 4) is 0 Å². The minimum atomic E-state index is -0.290. The predicted octanol–water partition coefficient (Wildman–Crippen LogP) is 3.27. The molecule has 0 aliphatic carbocycles. The van der Waals surface area contributed by atoms with Crippen LogP contribution in [0.4, 0.5) is 4.39 Å². The Morgan fingerprint density at radius 1 is 1.13 bits per heavy atom. The maximum absolute atomic E-state index is 13.4. The molecular formula is C18H21FN2OS. The lowest BCUT2D eigenvalue weighted by Gasteiger charge is -2.12. The minimum Gasteiger partial charge on any atom is -0.355 e. The summed E-state index contributed by atoms with van der Waals surface area (Å²) < 4.78 is 13.4. The molecule has 1 amide bonds. The van der Waals surface area contributed by atoms with E-state index in [1.54, 1.807) is 23.9 Å². The lowest BCUT2D eigenvalue weighted by atomic mass is 10.0. The molecule has 0 saturated heterocycles. The average Bonchev–Trinajstić information content (AvgIpc) is 2.57. The number of carbonyl (C=O) groups is 1. The maximum atomic E-state index is 13.4. The summed E-state index contributed by atoms with van der Waals surface area (Å²) in [6.45, 7) is 0.555. The Hall–Kier alpha value is -1.85. The number of thioether (sulfide) groups is 1. The second kappa shape index (κ2) is 9.33. The van der Waals surface area contributed by atoms with Crippen molar-refractivity contribution in [1.29, 1.82) is 0 Å². The predicted molar refractivity (Wildman–Crippen MR) is 93.6 cm³/mol. The molecule has 0 bridgehead atoms. The highest BCUT2D eigenvalue weighted by Gasteiger charge is 2.10. The smallest absolute Gasteiger partial charge is 0.221 e. The van der Waals surface area contributed by atoms with Crippen molar-refractivity contribution in [3.63, 3.8) is 0 Å². The van der Waals surface area contributed by atoms with Gasteiger partial charge in [0.25, 0.3) is 0 Å². The Labute approximate surface area is 140 Å². The highest BCUT2D eigenvalue weighted by molar-refractivity contribution is 7.98. The van der Waals surface area contributed by atoms with E-state index in [1.807, 2.05) is 36.4 Å². The Morgan fingerprint density at radius 3 is 2.57 bits per heavy atom. The summed E-state index contributed by atoms with van der Waals surface area (Å²) in [5.41, 5.74) is 7.66. The molecule has 3 nitrogen and oxygen atoms in total. The van der Waals surface area contributed by atoms with E-state index in [0.29, 0.717) is 17.9 Å². The SMILES string of the molecule is NC(CC(=O)NCCSCc1ccccc1F)c1ccccc1. The van der Waals surface area contributed by atoms with Crippen LogP contribution < -0.4 is 11.1 Å². The number of rotatable bonds is 8. The van der Waals surface area contributed by atoms with Gasteiger partial charge in [0.1, 0.15) is 5.82 Å². The molecule has 1 unspecified atom stereocenters. The van der Waals surface area contributed by atoms with Crippen LogP contribution in [0.15, 0.2) is 54.6 Å². The van der Waals surface area contributed by atoms with E-state index in [0.717, 1.165) is 11.3 Å². The molecular weight excluding hydrogens is 311 g/mol. The summed E-state index contributed by atoms with van der Waals surface area (Å²) in [6, 6.07) is 16.0. The largest absolute Gasteiger partial charge is 0.355 e. The van der Waals surface area contributed by atoms with Crippen LogP contribution in [0, 0.1) is 5.82 Å². The molecule has 0 spiro atoms. The third-order valence-electron chi connectivity index (χ3n) is 3.42. The number of hydrogen-bond acceptors (Lipinski definition) is 3. The zero-order chi connectivity index (χ0) is 16.5. The molecule has 2 aromatic rings. The van der Waals surface area contributed by atoms with E-state index in [1.165, 1.54) is 6.07 Å². The standard InChI is InChI=1S/C18H21FN2OS/c19-16-9-5-4-8-15(16)13-23-11-10-21-18(22)12-17(20)14-6-2-1-3-7-14/h1-9,17H,10-13,20H2,(H,21,22). The van der Waals surface area contributed by atoms with Gasteiger partial charge < -0.3 is 11.1 Å². The normalized spacial score (nSPS) is 11.9. The van der Waals surface area contributed by atoms with Crippen LogP contribution in [-0.4, -0.2) is 18.2 Å². The van der Waals surface area contributed by atoms with Crippen molar-refractivity contribution >= 4 is 17.7 Å². The van der Waals surface area contributed by atoms with Gasteiger partial charge in [0.2, 0.25) is 5.91 Å². The van der Waals surface area contributed by atoms with Gasteiger partial charge in [-0.3, -0.25) is 4.79 Å². The molecule has 1 atom stereocenters. The van der Waals surface area contributed by atoms with Crippen molar-refractivity contribution in [2.24, 2.45) is 5.73 Å². The van der Waals surface area contributed by atoms with Crippen molar-refractivity contribution < 1.29 is 9.18 Å². The fraction of sp³-hybridized carbons (Fsp3) is 0.278. The van der Waals surface area contributed by atoms with Crippen molar-refractivity contribution in [2.75, 3.05) is 12.3 Å². The summed E-state index contributed by atoms with van der Waals surface area (Å²) >= 11 is 1.59. The zero-order valence-electron chi connectivity index (χ0n) is 12.9. The van der Waals surface area contributed by atoms with Crippen LogP contribution in [0.2, 0.25) is 0 Å². The molecule has 2 rings (SSSR count). The molecule has 0 radical (unpaired) electrons. The number of amides is 1. The van der Waals surface area contributed by atoms with Gasteiger partial charge in [-0.15, -0.1) is 0 Å². The van der Waals surface area contributed by atoms with E-state index >= 15 is 0 Å². The first-order chi connectivity index (χ1) is 11.2. The Kier molecular flexibility index (Phi) is 7.10. The molecule has 23 heavy (non-hydrogen) atoms. The zero-order valence-corrected chi connectivity index (χ0v) is 13.7. The Morgan fingerprint density at radius 2 is 1.83 bits per heavy atom. The summed E-state index contributed by atoms with van der Waals surface area (Å²) in [6.07, 6.45) is 0.266. The van der Waals surface area contributed by atoms with Crippen LogP contribution in [0.1, 0.15) is 23.6 Å². The summed E-state index contributed by atoms with van der Waals surface area (Å²) in [5.74, 6) is 1.10. The minimum absolute atomic E-state index is 0.0622. The number of nitrogens with two attached hydrogens (primary N) is 1. The van der Waals surface area contributed by atoms with Gasteiger partial charge in [-0.05, 0) is 17.2 Å². The van der Waals surface area contributed by atoms with E-state index < -0.39 is 0 Å². The third kappa shape index (κ3) is 6.04. The van der Waals surface area contributed by atoms with Gasteiger partial charge in [0.05, 0.1) is 0 Å². The molecule has 2 aromatic carbocycles. The molecule has 5 heteroatoms. The summed E-state index contributed by atoms with van der Waals surface area (Å²) in [5, 5.41) is 2.85. The number of halogens is 1. The second-order valence-electron chi connectivity index (χ2n) is 5.22. The number of nitrogens with one attached hydrogen (secondary N) is 1. The Bertz CT molecular complexity index is 621. The van der Waals surface area contributed by atoms with Crippen LogP contribution in [0.5, 0.6) is 0 Å². The topological polar surface area (TPSA) is 55.1 Å². The molecule has 0 aliphatic rings. The first-order valence-corrected chi connectivity index (χ1v) is 8.70. The van der Waals surface area contributed by atoms with Crippen LogP contribution in [-0.2, 0) is 10.5 Å². The van der Waals surface area contributed by atoms with Gasteiger partial charge >= 0.3 is 0 Å². The van der Waals surface area contributed by atoms with Gasteiger partial charge in [-0.25, -0.2) is 4.39 Å². The number of benzene rings is 2. The fourth-order valence-corrected chi connectivity index (χ4v) is 2.99. The maximum Gasteiger partial charge on any atom is 0.221 e. The van der Waals surface area contributed by atoms with Gasteiger partial charge in [-0.2, -0.15) is 11.8 Å². The Balaban J connectivity index is 1.63. The van der Waals surface area contributed by atoms with Gasteiger partial charge in [0, 0.05) is 30.5 Å².